The molecule has 0 heterocycles. The van der Waals surface area contributed by atoms with Crippen LogP contribution in [0.25, 0.3) is 6.15 Å². The fourth-order valence-electron chi connectivity index (χ4n) is 0.209. The minimum absolute atomic E-state index is 0. The quantitative estimate of drug-likeness (QED) is 0.325. The SMILES string of the molecule is CCOCCO.[H-].[NH2-].[Na+].[Na+]. The molecule has 0 amide bonds. The van der Waals surface area contributed by atoms with E-state index < -0.39 is 0 Å². The van der Waals surface area contributed by atoms with Crippen LogP contribution in [-0.2, 0) is 4.74 Å². The number of ether oxygens (including phenoxy) is 1. The Labute approximate surface area is 102 Å². The second-order valence-electron chi connectivity index (χ2n) is 0.921. The van der Waals surface area contributed by atoms with Gasteiger partial charge in [0.05, 0.1) is 13.2 Å². The van der Waals surface area contributed by atoms with Crippen LogP contribution in [0.5, 0.6) is 0 Å². The summed E-state index contributed by atoms with van der Waals surface area (Å²) in [7, 11) is 0. The summed E-state index contributed by atoms with van der Waals surface area (Å²) < 4.78 is 4.73. The summed E-state index contributed by atoms with van der Waals surface area (Å²) >= 11 is 0. The zero-order valence-electron chi connectivity index (χ0n) is 7.55. The predicted molar refractivity (Wildman–Crippen MR) is 30.0 cm³/mol. The molecular formula is C4H13NNa2O2. The van der Waals surface area contributed by atoms with E-state index in [2.05, 4.69) is 0 Å². The first-order valence-electron chi connectivity index (χ1n) is 2.10. The Balaban J connectivity index is -0.0000000208. The van der Waals surface area contributed by atoms with Gasteiger partial charge in [-0.3, -0.25) is 0 Å². The van der Waals surface area contributed by atoms with E-state index in [1.807, 2.05) is 6.92 Å². The molecule has 0 atom stereocenters. The number of aliphatic hydroxyl groups is 1. The van der Waals surface area contributed by atoms with Crippen molar-refractivity contribution in [1.29, 1.82) is 0 Å². The second-order valence-corrected chi connectivity index (χ2v) is 0.921. The van der Waals surface area contributed by atoms with E-state index in [4.69, 9.17) is 9.84 Å². The summed E-state index contributed by atoms with van der Waals surface area (Å²) in [6.45, 7) is 3.20. The molecule has 0 fully saturated rings. The Kier molecular flexibility index (Phi) is 56.2. The molecule has 0 aliphatic heterocycles. The standard InChI is InChI=1S/C4H10O2.H2N.2Na.H/c1-2-6-4-3-5;;;;/h5H,2-4H2,1H3;1H2;;;/q;-1;2*+1;-1. The van der Waals surface area contributed by atoms with Crippen molar-refractivity contribution in [2.45, 2.75) is 6.92 Å². The molecule has 5 heteroatoms. The van der Waals surface area contributed by atoms with Crippen molar-refractivity contribution in [3.05, 3.63) is 6.15 Å². The average Bonchev–Trinajstić information content (AvgIpc) is 1.61. The van der Waals surface area contributed by atoms with Crippen molar-refractivity contribution >= 4 is 0 Å². The summed E-state index contributed by atoms with van der Waals surface area (Å²) in [5.41, 5.74) is 0. The molecule has 0 spiro atoms. The first-order chi connectivity index (χ1) is 2.91. The van der Waals surface area contributed by atoms with Gasteiger partial charge in [0.25, 0.3) is 0 Å². The molecule has 0 saturated carbocycles. The Morgan fingerprint density at radius 3 is 2.00 bits per heavy atom. The summed E-state index contributed by atoms with van der Waals surface area (Å²) in [4.78, 5) is 0. The second kappa shape index (κ2) is 22.5. The minimum atomic E-state index is 0. The van der Waals surface area contributed by atoms with Gasteiger partial charge in [0.2, 0.25) is 0 Å². The molecule has 0 aromatic heterocycles. The van der Waals surface area contributed by atoms with E-state index in [0.717, 1.165) is 0 Å². The van der Waals surface area contributed by atoms with E-state index in [-0.39, 0.29) is 73.3 Å². The Morgan fingerprint density at radius 1 is 1.44 bits per heavy atom. The van der Waals surface area contributed by atoms with Crippen molar-refractivity contribution in [3.8, 4) is 0 Å². The van der Waals surface area contributed by atoms with Crippen molar-refractivity contribution in [2.75, 3.05) is 19.8 Å². The molecule has 0 unspecified atom stereocenters. The maximum Gasteiger partial charge on any atom is 1.00 e. The molecule has 0 aromatic carbocycles. The van der Waals surface area contributed by atoms with Crippen molar-refractivity contribution < 1.29 is 70.4 Å². The Hall–Kier alpha value is 1.88. The van der Waals surface area contributed by atoms with Gasteiger partial charge in [-0.2, -0.15) is 0 Å². The van der Waals surface area contributed by atoms with Crippen LogP contribution in [0.15, 0.2) is 0 Å². The van der Waals surface area contributed by atoms with Gasteiger partial charge in [0.15, 0.2) is 0 Å². The average molecular weight is 153 g/mol. The van der Waals surface area contributed by atoms with Crippen LogP contribution in [0.2, 0.25) is 0 Å². The molecule has 3 nitrogen and oxygen atoms in total. The van der Waals surface area contributed by atoms with Crippen LogP contribution >= 0.6 is 0 Å². The summed E-state index contributed by atoms with van der Waals surface area (Å²) in [5.74, 6) is 0. The first kappa shape index (κ1) is 22.4. The fraction of sp³-hybridized carbons (Fsp3) is 1.00. The van der Waals surface area contributed by atoms with E-state index >= 15 is 0 Å². The number of aliphatic hydroxyl groups excluding tert-OH is 1. The third-order valence-electron chi connectivity index (χ3n) is 0.440. The van der Waals surface area contributed by atoms with Gasteiger partial charge >= 0.3 is 59.1 Å². The zero-order chi connectivity index (χ0) is 4.83. The smallest absolute Gasteiger partial charge is 1.00 e. The number of hydrogen-bond donors (Lipinski definition) is 1. The molecule has 0 rings (SSSR count). The van der Waals surface area contributed by atoms with Crippen LogP contribution in [0.4, 0.5) is 0 Å². The third-order valence-corrected chi connectivity index (χ3v) is 0.440. The molecule has 9 heavy (non-hydrogen) atoms. The molecule has 0 aliphatic rings. The molecule has 0 aromatic rings. The molecule has 0 radical (unpaired) electrons. The van der Waals surface area contributed by atoms with Crippen LogP contribution in [0.1, 0.15) is 8.35 Å². The number of nitrogens with two attached hydrogens (primary N) is 1. The van der Waals surface area contributed by atoms with Crippen LogP contribution < -0.4 is 59.1 Å². The van der Waals surface area contributed by atoms with Gasteiger partial charge in [-0.1, -0.05) is 0 Å². The summed E-state index contributed by atoms with van der Waals surface area (Å²) in [6.07, 6.45) is 0. The van der Waals surface area contributed by atoms with Gasteiger partial charge in [-0.15, -0.1) is 0 Å². The normalized spacial score (nSPS) is 6.00. The summed E-state index contributed by atoms with van der Waals surface area (Å²) in [6, 6.07) is 0. The van der Waals surface area contributed by atoms with Crippen LogP contribution in [0.3, 0.4) is 0 Å². The number of rotatable bonds is 3. The van der Waals surface area contributed by atoms with E-state index in [9.17, 15) is 0 Å². The molecule has 0 saturated heterocycles. The Bertz CT molecular complexity index is 33.2. The van der Waals surface area contributed by atoms with Gasteiger partial charge in [-0.05, 0) is 6.92 Å². The Morgan fingerprint density at radius 2 is 1.89 bits per heavy atom. The van der Waals surface area contributed by atoms with Gasteiger partial charge < -0.3 is 17.4 Å². The van der Waals surface area contributed by atoms with E-state index in [1.165, 1.54) is 0 Å². The van der Waals surface area contributed by atoms with Crippen molar-refractivity contribution in [3.63, 3.8) is 0 Å². The molecule has 3 N–H and O–H groups in total. The topological polar surface area (TPSA) is 63.0 Å². The third kappa shape index (κ3) is 25.8. The monoisotopic (exact) mass is 153 g/mol. The first-order valence-corrected chi connectivity index (χ1v) is 2.10. The van der Waals surface area contributed by atoms with Gasteiger partial charge in [-0.25, -0.2) is 0 Å². The molecule has 48 valence electrons. The van der Waals surface area contributed by atoms with Gasteiger partial charge in [0.1, 0.15) is 0 Å². The summed E-state index contributed by atoms with van der Waals surface area (Å²) in [5, 5.41) is 8.07. The van der Waals surface area contributed by atoms with Crippen molar-refractivity contribution in [2.24, 2.45) is 0 Å². The molecule has 0 bridgehead atoms. The number of hydrogen-bond acceptors (Lipinski definition) is 2. The zero-order valence-corrected chi connectivity index (χ0v) is 10.6. The molecule has 0 aliphatic carbocycles. The van der Waals surface area contributed by atoms with Crippen molar-refractivity contribution in [1.82, 2.24) is 0 Å². The minimum Gasteiger partial charge on any atom is -1.00 e. The van der Waals surface area contributed by atoms with Crippen LogP contribution in [0, 0.1) is 0 Å². The van der Waals surface area contributed by atoms with E-state index in [0.29, 0.717) is 13.2 Å². The maximum absolute atomic E-state index is 8.07. The maximum atomic E-state index is 8.07. The predicted octanol–water partition coefficient (Wildman–Crippen LogP) is -5.15. The van der Waals surface area contributed by atoms with E-state index in [1.54, 1.807) is 0 Å². The fourth-order valence-corrected chi connectivity index (χ4v) is 0.209. The molecular weight excluding hydrogens is 140 g/mol. The van der Waals surface area contributed by atoms with Gasteiger partial charge in [0, 0.05) is 6.61 Å². The largest absolute Gasteiger partial charge is 1.00 e. The van der Waals surface area contributed by atoms with Crippen LogP contribution in [-0.4, -0.2) is 24.9 Å².